The van der Waals surface area contributed by atoms with E-state index in [-0.39, 0.29) is 0 Å². The Hall–Kier alpha value is -0.970. The first-order valence-electron chi connectivity index (χ1n) is 5.80. The maximum atomic E-state index is 4.04. The molecule has 1 aliphatic rings. The molecule has 15 heavy (non-hydrogen) atoms. The van der Waals surface area contributed by atoms with Crippen LogP contribution in [0.15, 0.2) is 0 Å². The van der Waals surface area contributed by atoms with Crippen molar-refractivity contribution >= 4 is 0 Å². The van der Waals surface area contributed by atoms with Gasteiger partial charge < -0.3 is 5.32 Å². The Kier molecular flexibility index (Phi) is 3.66. The van der Waals surface area contributed by atoms with Crippen molar-refractivity contribution in [2.24, 2.45) is 5.92 Å². The van der Waals surface area contributed by atoms with E-state index in [4.69, 9.17) is 0 Å². The largest absolute Gasteiger partial charge is 0.313 e. The van der Waals surface area contributed by atoms with Gasteiger partial charge >= 0.3 is 0 Å². The van der Waals surface area contributed by atoms with E-state index in [1.54, 1.807) is 0 Å². The zero-order chi connectivity index (χ0) is 10.5. The summed E-state index contributed by atoms with van der Waals surface area (Å²) >= 11 is 0. The van der Waals surface area contributed by atoms with E-state index in [0.717, 1.165) is 24.8 Å². The molecule has 1 N–H and O–H groups in total. The number of tetrazole rings is 1. The molecule has 0 unspecified atom stereocenters. The molecule has 0 aromatic carbocycles. The highest BCUT2D eigenvalue weighted by Gasteiger charge is 2.16. The summed E-state index contributed by atoms with van der Waals surface area (Å²) < 4.78 is 1.95. The van der Waals surface area contributed by atoms with Crippen LogP contribution in [0.3, 0.4) is 0 Å². The Bertz CT molecular complexity index is 290. The second-order valence-corrected chi connectivity index (χ2v) is 4.31. The van der Waals surface area contributed by atoms with Gasteiger partial charge in [0.05, 0.1) is 6.54 Å². The average molecular weight is 209 g/mol. The lowest BCUT2D eigenvalue weighted by molar-refractivity contribution is 0.301. The number of nitrogens with zero attached hydrogens (tertiary/aromatic N) is 4. The maximum absolute atomic E-state index is 4.04. The zero-order valence-electron chi connectivity index (χ0n) is 9.32. The summed E-state index contributed by atoms with van der Waals surface area (Å²) in [5, 5.41) is 14.9. The smallest absolute Gasteiger partial charge is 0.165 e. The second-order valence-electron chi connectivity index (χ2n) is 4.31. The highest BCUT2D eigenvalue weighted by atomic mass is 15.5. The van der Waals surface area contributed by atoms with Crippen LogP contribution in [0.4, 0.5) is 0 Å². The fourth-order valence-electron chi connectivity index (χ4n) is 2.26. The molecule has 1 aliphatic carbocycles. The van der Waals surface area contributed by atoms with Gasteiger partial charge in [0, 0.05) is 6.54 Å². The lowest BCUT2D eigenvalue weighted by atomic mass is 9.89. The summed E-state index contributed by atoms with van der Waals surface area (Å²) in [6.45, 7) is 1.74. The predicted octanol–water partition coefficient (Wildman–Crippen LogP) is 0.973. The quantitative estimate of drug-likeness (QED) is 0.803. The van der Waals surface area contributed by atoms with E-state index in [9.17, 15) is 0 Å². The Morgan fingerprint density at radius 2 is 2.13 bits per heavy atom. The molecule has 84 valence electrons. The minimum absolute atomic E-state index is 0.750. The van der Waals surface area contributed by atoms with Gasteiger partial charge in [-0.15, -0.1) is 5.10 Å². The highest BCUT2D eigenvalue weighted by molar-refractivity contribution is 4.80. The van der Waals surface area contributed by atoms with E-state index < -0.39 is 0 Å². The molecule has 1 aromatic rings. The third kappa shape index (κ3) is 2.75. The predicted molar refractivity (Wildman–Crippen MR) is 57.2 cm³/mol. The van der Waals surface area contributed by atoms with Gasteiger partial charge in [-0.05, 0) is 36.2 Å². The molecule has 2 rings (SSSR count). The van der Waals surface area contributed by atoms with E-state index in [2.05, 4.69) is 20.8 Å². The fourth-order valence-corrected chi connectivity index (χ4v) is 2.26. The molecule has 0 radical (unpaired) electrons. The fraction of sp³-hybridized carbons (Fsp3) is 0.900. The van der Waals surface area contributed by atoms with Gasteiger partial charge in [0.1, 0.15) is 0 Å². The minimum Gasteiger partial charge on any atom is -0.313 e. The van der Waals surface area contributed by atoms with Gasteiger partial charge in [0.25, 0.3) is 0 Å². The zero-order valence-corrected chi connectivity index (χ0v) is 9.32. The molecule has 1 heterocycles. The molecular formula is C10H19N5. The van der Waals surface area contributed by atoms with Crippen molar-refractivity contribution in [3.8, 4) is 0 Å². The topological polar surface area (TPSA) is 55.6 Å². The first-order valence-corrected chi connectivity index (χ1v) is 5.80. The molecule has 1 fully saturated rings. The Morgan fingerprint density at radius 1 is 1.33 bits per heavy atom. The van der Waals surface area contributed by atoms with Crippen molar-refractivity contribution in [2.45, 2.75) is 45.2 Å². The van der Waals surface area contributed by atoms with E-state index >= 15 is 0 Å². The van der Waals surface area contributed by atoms with Crippen LogP contribution >= 0.6 is 0 Å². The summed E-state index contributed by atoms with van der Waals surface area (Å²) in [4.78, 5) is 0. The van der Waals surface area contributed by atoms with E-state index in [1.165, 1.54) is 32.1 Å². The summed E-state index contributed by atoms with van der Waals surface area (Å²) in [6, 6.07) is 0. The molecule has 0 spiro atoms. The van der Waals surface area contributed by atoms with Gasteiger partial charge in [-0.25, -0.2) is 4.68 Å². The number of hydrogen-bond acceptors (Lipinski definition) is 4. The van der Waals surface area contributed by atoms with Crippen molar-refractivity contribution in [3.05, 3.63) is 5.82 Å². The molecule has 0 bridgehead atoms. The van der Waals surface area contributed by atoms with Crippen LogP contribution in [0.25, 0.3) is 0 Å². The first-order chi connectivity index (χ1) is 7.40. The van der Waals surface area contributed by atoms with E-state index in [1.807, 2.05) is 11.7 Å². The molecule has 5 nitrogen and oxygen atoms in total. The molecule has 5 heteroatoms. The first kappa shape index (κ1) is 10.5. The maximum Gasteiger partial charge on any atom is 0.165 e. The van der Waals surface area contributed by atoms with Crippen LogP contribution in [0.5, 0.6) is 0 Å². The number of nitrogens with one attached hydrogen (secondary N) is 1. The van der Waals surface area contributed by atoms with Crippen LogP contribution in [-0.4, -0.2) is 27.3 Å². The lowest BCUT2D eigenvalue weighted by Gasteiger charge is -2.21. The van der Waals surface area contributed by atoms with Crippen LogP contribution in [-0.2, 0) is 13.1 Å². The summed E-state index contributed by atoms with van der Waals surface area (Å²) in [5.74, 6) is 1.72. The summed E-state index contributed by atoms with van der Waals surface area (Å²) in [5.41, 5.74) is 0. The van der Waals surface area contributed by atoms with Crippen LogP contribution in [0, 0.1) is 5.92 Å². The van der Waals surface area contributed by atoms with Gasteiger partial charge in [0.15, 0.2) is 5.82 Å². The Balaban J connectivity index is 1.93. The molecule has 0 amide bonds. The SMILES string of the molecule is CNCc1nnnn1CC1CCCCC1. The number of hydrogen-bond donors (Lipinski definition) is 1. The van der Waals surface area contributed by atoms with Gasteiger partial charge in [-0.1, -0.05) is 19.3 Å². The minimum atomic E-state index is 0.750. The van der Waals surface area contributed by atoms with Crippen LogP contribution < -0.4 is 5.32 Å². The summed E-state index contributed by atoms with van der Waals surface area (Å²) in [6.07, 6.45) is 6.80. The van der Waals surface area contributed by atoms with Gasteiger partial charge in [0.2, 0.25) is 0 Å². The normalized spacial score (nSPS) is 18.2. The standard InChI is InChI=1S/C10H19N5/c1-11-7-10-12-13-14-15(10)8-9-5-3-2-4-6-9/h9,11H,2-8H2,1H3. The third-order valence-corrected chi connectivity index (χ3v) is 3.10. The van der Waals surface area contributed by atoms with Gasteiger partial charge in [-0.3, -0.25) is 0 Å². The van der Waals surface area contributed by atoms with Crippen LogP contribution in [0.2, 0.25) is 0 Å². The molecule has 0 aliphatic heterocycles. The van der Waals surface area contributed by atoms with Crippen molar-refractivity contribution in [1.29, 1.82) is 0 Å². The average Bonchev–Trinajstić information content (AvgIpc) is 2.68. The summed E-state index contributed by atoms with van der Waals surface area (Å²) in [7, 11) is 1.92. The molecule has 0 saturated heterocycles. The van der Waals surface area contributed by atoms with Crippen molar-refractivity contribution < 1.29 is 0 Å². The van der Waals surface area contributed by atoms with Crippen molar-refractivity contribution in [3.63, 3.8) is 0 Å². The van der Waals surface area contributed by atoms with E-state index in [0.29, 0.717) is 0 Å². The van der Waals surface area contributed by atoms with Crippen molar-refractivity contribution in [1.82, 2.24) is 25.5 Å². The number of rotatable bonds is 4. The van der Waals surface area contributed by atoms with Crippen molar-refractivity contribution in [2.75, 3.05) is 7.05 Å². The lowest BCUT2D eigenvalue weighted by Crippen LogP contribution is -2.19. The molecule has 1 aromatic heterocycles. The molecule has 1 saturated carbocycles. The molecular weight excluding hydrogens is 190 g/mol. The van der Waals surface area contributed by atoms with Crippen LogP contribution in [0.1, 0.15) is 37.9 Å². The Morgan fingerprint density at radius 3 is 2.87 bits per heavy atom. The third-order valence-electron chi connectivity index (χ3n) is 3.10. The number of aromatic nitrogens is 4. The highest BCUT2D eigenvalue weighted by Crippen LogP contribution is 2.24. The molecule has 0 atom stereocenters. The monoisotopic (exact) mass is 209 g/mol. The Labute approximate surface area is 90.2 Å². The second kappa shape index (κ2) is 5.21. The van der Waals surface area contributed by atoms with Gasteiger partial charge in [-0.2, -0.15) is 0 Å².